The van der Waals surface area contributed by atoms with E-state index in [1.807, 2.05) is 0 Å². The maximum atomic E-state index is 10.8. The molecule has 0 amide bonds. The molecule has 1 rings (SSSR count). The van der Waals surface area contributed by atoms with Crippen LogP contribution in [0.1, 0.15) is 39.5 Å². The molecule has 1 unspecified atom stereocenters. The third kappa shape index (κ3) is 2.71. The largest absolute Gasteiger partial charge is 0.481 e. The average Bonchev–Trinajstić information content (AvgIpc) is 2.00. The summed E-state index contributed by atoms with van der Waals surface area (Å²) in [5.74, 6) is 0.514. The van der Waals surface area contributed by atoms with Crippen LogP contribution in [0.5, 0.6) is 0 Å². The molecule has 14 heavy (non-hydrogen) atoms. The number of hydrogen-bond acceptors (Lipinski definition) is 2. The van der Waals surface area contributed by atoms with Gasteiger partial charge < -0.3 is 10.8 Å². The van der Waals surface area contributed by atoms with E-state index in [1.54, 1.807) is 0 Å². The zero-order chi connectivity index (χ0) is 10.8. The smallest absolute Gasteiger partial charge is 0.303 e. The first-order valence-electron chi connectivity index (χ1n) is 5.39. The van der Waals surface area contributed by atoms with Gasteiger partial charge in [-0.15, -0.1) is 0 Å². The van der Waals surface area contributed by atoms with Crippen LogP contribution in [0.4, 0.5) is 0 Å². The Morgan fingerprint density at radius 2 is 1.93 bits per heavy atom. The lowest BCUT2D eigenvalue weighted by molar-refractivity contribution is -0.140. The number of aliphatic carboxylic acids is 1. The zero-order valence-corrected chi connectivity index (χ0v) is 9.12. The maximum absolute atomic E-state index is 10.8. The predicted molar refractivity (Wildman–Crippen MR) is 55.9 cm³/mol. The first-order chi connectivity index (χ1) is 6.47. The topological polar surface area (TPSA) is 63.3 Å². The number of carbonyl (C=O) groups is 1. The van der Waals surface area contributed by atoms with Crippen LogP contribution >= 0.6 is 0 Å². The van der Waals surface area contributed by atoms with Gasteiger partial charge in [-0.3, -0.25) is 4.79 Å². The molecule has 0 aromatic carbocycles. The number of carboxylic acid groups (broad SMARTS) is 1. The van der Waals surface area contributed by atoms with Gasteiger partial charge in [0.25, 0.3) is 0 Å². The Hall–Kier alpha value is -0.570. The minimum Gasteiger partial charge on any atom is -0.481 e. The second kappa shape index (κ2) is 4.30. The van der Waals surface area contributed by atoms with Crippen LogP contribution in [0.3, 0.4) is 0 Å². The molecule has 0 saturated heterocycles. The average molecular weight is 199 g/mol. The fraction of sp³-hybridized carbons (Fsp3) is 0.909. The molecule has 0 radical (unpaired) electrons. The van der Waals surface area contributed by atoms with E-state index < -0.39 is 5.97 Å². The van der Waals surface area contributed by atoms with Crippen molar-refractivity contribution in [3.63, 3.8) is 0 Å². The van der Waals surface area contributed by atoms with Crippen LogP contribution in [-0.2, 0) is 4.79 Å². The van der Waals surface area contributed by atoms with E-state index in [2.05, 4.69) is 13.8 Å². The molecular weight excluding hydrogens is 178 g/mol. The van der Waals surface area contributed by atoms with E-state index in [1.165, 1.54) is 6.42 Å². The van der Waals surface area contributed by atoms with E-state index in [0.29, 0.717) is 18.4 Å². The van der Waals surface area contributed by atoms with Gasteiger partial charge in [-0.1, -0.05) is 13.8 Å². The quantitative estimate of drug-likeness (QED) is 0.729. The van der Waals surface area contributed by atoms with Crippen molar-refractivity contribution in [2.24, 2.45) is 23.0 Å². The molecule has 1 aliphatic rings. The van der Waals surface area contributed by atoms with Crippen molar-refractivity contribution < 1.29 is 9.90 Å². The van der Waals surface area contributed by atoms with Crippen molar-refractivity contribution in [1.29, 1.82) is 0 Å². The van der Waals surface area contributed by atoms with Crippen LogP contribution in [0.2, 0.25) is 0 Å². The number of rotatable bonds is 3. The van der Waals surface area contributed by atoms with Crippen molar-refractivity contribution in [3.8, 4) is 0 Å². The minimum atomic E-state index is -0.711. The van der Waals surface area contributed by atoms with Gasteiger partial charge in [0.2, 0.25) is 0 Å². The number of hydrogen-bond donors (Lipinski definition) is 2. The summed E-state index contributed by atoms with van der Waals surface area (Å²) in [4.78, 5) is 10.8. The maximum Gasteiger partial charge on any atom is 0.303 e. The molecule has 3 heteroatoms. The molecule has 0 bridgehead atoms. The van der Waals surface area contributed by atoms with Crippen LogP contribution in [-0.4, -0.2) is 17.6 Å². The van der Waals surface area contributed by atoms with Crippen molar-refractivity contribution >= 4 is 5.97 Å². The fourth-order valence-corrected chi connectivity index (χ4v) is 3.12. The molecule has 3 atom stereocenters. The molecule has 1 fully saturated rings. The van der Waals surface area contributed by atoms with Gasteiger partial charge in [0.05, 0.1) is 6.42 Å². The standard InChI is InChI=1S/C11H21NO2/c1-8-3-9(2)5-11(4-8,7-12)6-10(13)14/h8-9H,3-7,12H2,1-2H3,(H,13,14)/t8-,9+,11?. The lowest BCUT2D eigenvalue weighted by atomic mass is 9.65. The number of carboxylic acids is 1. The highest BCUT2D eigenvalue weighted by Crippen LogP contribution is 2.43. The Bertz CT molecular complexity index is 205. The monoisotopic (exact) mass is 199 g/mol. The molecule has 0 spiro atoms. The Balaban J connectivity index is 2.71. The van der Waals surface area contributed by atoms with Gasteiger partial charge in [0.1, 0.15) is 0 Å². The summed E-state index contributed by atoms with van der Waals surface area (Å²) in [6.45, 7) is 4.90. The first-order valence-corrected chi connectivity index (χ1v) is 5.39. The molecule has 82 valence electrons. The predicted octanol–water partition coefficient (Wildman–Crippen LogP) is 1.86. The van der Waals surface area contributed by atoms with E-state index in [-0.39, 0.29) is 11.8 Å². The van der Waals surface area contributed by atoms with E-state index >= 15 is 0 Å². The van der Waals surface area contributed by atoms with Gasteiger partial charge in [-0.05, 0) is 43.1 Å². The van der Waals surface area contributed by atoms with Crippen molar-refractivity contribution in [1.82, 2.24) is 0 Å². The van der Waals surface area contributed by atoms with Gasteiger partial charge in [-0.25, -0.2) is 0 Å². The molecule has 0 heterocycles. The third-order valence-corrected chi connectivity index (χ3v) is 3.33. The van der Waals surface area contributed by atoms with Crippen molar-refractivity contribution in [2.45, 2.75) is 39.5 Å². The molecule has 3 N–H and O–H groups in total. The molecule has 0 aromatic rings. The van der Waals surface area contributed by atoms with Crippen LogP contribution in [0, 0.1) is 17.3 Å². The van der Waals surface area contributed by atoms with Crippen LogP contribution in [0.25, 0.3) is 0 Å². The SMILES string of the molecule is C[C@@H]1C[C@H](C)CC(CN)(CC(=O)O)C1. The third-order valence-electron chi connectivity index (χ3n) is 3.33. The second-order valence-electron chi connectivity index (χ2n) is 5.13. The normalized spacial score (nSPS) is 38.2. The summed E-state index contributed by atoms with van der Waals surface area (Å²) in [6.07, 6.45) is 3.39. The highest BCUT2D eigenvalue weighted by molar-refractivity contribution is 5.67. The van der Waals surface area contributed by atoms with E-state index in [4.69, 9.17) is 10.8 Å². The van der Waals surface area contributed by atoms with Gasteiger partial charge in [0.15, 0.2) is 0 Å². The summed E-state index contributed by atoms with van der Waals surface area (Å²) in [5.41, 5.74) is 5.61. The Morgan fingerprint density at radius 3 is 2.29 bits per heavy atom. The molecule has 1 aliphatic carbocycles. The highest BCUT2D eigenvalue weighted by atomic mass is 16.4. The lowest BCUT2D eigenvalue weighted by Gasteiger charge is -2.41. The zero-order valence-electron chi connectivity index (χ0n) is 9.12. The molecule has 1 saturated carbocycles. The van der Waals surface area contributed by atoms with Crippen LogP contribution in [0.15, 0.2) is 0 Å². The van der Waals surface area contributed by atoms with Gasteiger partial charge in [-0.2, -0.15) is 0 Å². The first kappa shape index (κ1) is 11.5. The van der Waals surface area contributed by atoms with Crippen LogP contribution < -0.4 is 5.73 Å². The fourth-order valence-electron chi connectivity index (χ4n) is 3.12. The highest BCUT2D eigenvalue weighted by Gasteiger charge is 2.38. The Kier molecular flexibility index (Phi) is 3.53. The second-order valence-corrected chi connectivity index (χ2v) is 5.13. The summed E-state index contributed by atoms with van der Waals surface area (Å²) < 4.78 is 0. The summed E-state index contributed by atoms with van der Waals surface area (Å²) in [5, 5.41) is 8.88. The lowest BCUT2D eigenvalue weighted by Crippen LogP contribution is -2.39. The van der Waals surface area contributed by atoms with E-state index in [9.17, 15) is 4.79 Å². The van der Waals surface area contributed by atoms with Crippen molar-refractivity contribution in [2.75, 3.05) is 6.54 Å². The van der Waals surface area contributed by atoms with Gasteiger partial charge >= 0.3 is 5.97 Å². The molecule has 3 nitrogen and oxygen atoms in total. The Morgan fingerprint density at radius 1 is 1.43 bits per heavy atom. The van der Waals surface area contributed by atoms with Crippen molar-refractivity contribution in [3.05, 3.63) is 0 Å². The summed E-state index contributed by atoms with van der Waals surface area (Å²) in [6, 6.07) is 0. The van der Waals surface area contributed by atoms with E-state index in [0.717, 1.165) is 12.8 Å². The molecular formula is C11H21NO2. The van der Waals surface area contributed by atoms with Gasteiger partial charge in [0, 0.05) is 0 Å². The summed E-state index contributed by atoms with van der Waals surface area (Å²) in [7, 11) is 0. The molecule has 0 aliphatic heterocycles. The Labute approximate surface area is 85.7 Å². The molecule has 0 aromatic heterocycles. The minimum absolute atomic E-state index is 0.136. The number of nitrogens with two attached hydrogens (primary N) is 1. The summed E-state index contributed by atoms with van der Waals surface area (Å²) >= 11 is 0.